The SMILES string of the molecule is CCc1cnc(C)n1Cc1ccc(C#N)c(Oc2cccc(C3(CC)CCCCN(C)C3=O)c2)c1. The van der Waals surface area contributed by atoms with Gasteiger partial charge in [0.25, 0.3) is 0 Å². The molecule has 1 aliphatic rings. The molecule has 1 aromatic heterocycles. The van der Waals surface area contributed by atoms with Crippen molar-refractivity contribution in [3.05, 3.63) is 76.9 Å². The average molecular weight is 471 g/mol. The van der Waals surface area contributed by atoms with Gasteiger partial charge in [0.15, 0.2) is 0 Å². The lowest BCUT2D eigenvalue weighted by Gasteiger charge is -2.33. The van der Waals surface area contributed by atoms with Gasteiger partial charge >= 0.3 is 0 Å². The van der Waals surface area contributed by atoms with Gasteiger partial charge in [-0.25, -0.2) is 4.98 Å². The molecule has 0 bridgehead atoms. The van der Waals surface area contributed by atoms with Crippen molar-refractivity contribution in [1.82, 2.24) is 14.5 Å². The highest BCUT2D eigenvalue weighted by atomic mass is 16.5. The van der Waals surface area contributed by atoms with E-state index in [0.717, 1.165) is 55.6 Å². The minimum Gasteiger partial charge on any atom is -0.456 e. The van der Waals surface area contributed by atoms with Crippen LogP contribution in [0.1, 0.15) is 67.7 Å². The summed E-state index contributed by atoms with van der Waals surface area (Å²) in [4.78, 5) is 19.7. The summed E-state index contributed by atoms with van der Waals surface area (Å²) in [6, 6.07) is 15.8. The van der Waals surface area contributed by atoms with E-state index >= 15 is 0 Å². The van der Waals surface area contributed by atoms with E-state index in [1.54, 1.807) is 0 Å². The summed E-state index contributed by atoms with van der Waals surface area (Å²) in [6.45, 7) is 7.67. The second-order valence-corrected chi connectivity index (χ2v) is 9.43. The number of carbonyl (C=O) groups is 1. The van der Waals surface area contributed by atoms with Crippen LogP contribution in [-0.4, -0.2) is 34.0 Å². The van der Waals surface area contributed by atoms with E-state index in [1.807, 2.05) is 67.5 Å². The average Bonchev–Trinajstić information content (AvgIpc) is 3.15. The van der Waals surface area contributed by atoms with Crippen molar-refractivity contribution in [1.29, 1.82) is 5.26 Å². The summed E-state index contributed by atoms with van der Waals surface area (Å²) < 4.78 is 8.47. The Kier molecular flexibility index (Phi) is 7.25. The summed E-state index contributed by atoms with van der Waals surface area (Å²) in [6.07, 6.45) is 6.43. The monoisotopic (exact) mass is 470 g/mol. The van der Waals surface area contributed by atoms with Gasteiger partial charge in [0.1, 0.15) is 23.4 Å². The fourth-order valence-corrected chi connectivity index (χ4v) is 5.17. The van der Waals surface area contributed by atoms with Crippen molar-refractivity contribution in [3.63, 3.8) is 0 Å². The van der Waals surface area contributed by atoms with E-state index in [9.17, 15) is 10.1 Å². The number of aromatic nitrogens is 2. The number of benzene rings is 2. The highest BCUT2D eigenvalue weighted by molar-refractivity contribution is 5.88. The zero-order valence-corrected chi connectivity index (χ0v) is 21.2. The van der Waals surface area contributed by atoms with Crippen LogP contribution < -0.4 is 4.74 Å². The molecule has 1 aliphatic heterocycles. The number of likely N-dealkylation sites (tertiary alicyclic amines) is 1. The molecule has 0 aliphatic carbocycles. The first-order valence-electron chi connectivity index (χ1n) is 12.5. The quantitative estimate of drug-likeness (QED) is 0.440. The van der Waals surface area contributed by atoms with Gasteiger partial charge in [-0.15, -0.1) is 0 Å². The molecule has 3 aromatic rings. The molecule has 182 valence electrons. The van der Waals surface area contributed by atoms with Crippen molar-refractivity contribution in [2.45, 2.75) is 64.8 Å². The molecule has 1 fully saturated rings. The molecule has 35 heavy (non-hydrogen) atoms. The zero-order chi connectivity index (χ0) is 25.0. The Balaban J connectivity index is 1.66. The van der Waals surface area contributed by atoms with Gasteiger partial charge in [-0.1, -0.05) is 38.5 Å². The molecule has 1 atom stereocenters. The Labute approximate surface area is 208 Å². The molecule has 1 amide bonds. The molecule has 1 saturated heterocycles. The highest BCUT2D eigenvalue weighted by Crippen LogP contribution is 2.39. The number of nitriles is 1. The van der Waals surface area contributed by atoms with Crippen molar-refractivity contribution in [3.8, 4) is 17.6 Å². The molecule has 0 saturated carbocycles. The van der Waals surface area contributed by atoms with Crippen molar-refractivity contribution in [2.75, 3.05) is 13.6 Å². The zero-order valence-electron chi connectivity index (χ0n) is 21.2. The Bertz CT molecular complexity index is 1260. The molecule has 0 radical (unpaired) electrons. The standard InChI is InChI=1S/C29H34N4O2/c1-5-25-19-31-21(3)33(25)20-22-12-13-23(18-30)27(16-22)35-26-11-9-10-24(17-26)29(6-2)14-7-8-15-32(4)28(29)34/h9-13,16-17,19H,5-8,14-15,20H2,1-4H3. The van der Waals surface area contributed by atoms with Crippen LogP contribution in [0, 0.1) is 18.3 Å². The molecule has 1 unspecified atom stereocenters. The van der Waals surface area contributed by atoms with Gasteiger partial charge in [-0.2, -0.15) is 5.26 Å². The Morgan fingerprint density at radius 3 is 2.74 bits per heavy atom. The first kappa shape index (κ1) is 24.5. The molecule has 2 heterocycles. The van der Waals surface area contributed by atoms with Gasteiger partial charge in [0.05, 0.1) is 11.0 Å². The third-order valence-electron chi connectivity index (χ3n) is 7.33. The van der Waals surface area contributed by atoms with E-state index in [2.05, 4.69) is 29.5 Å². The lowest BCUT2D eigenvalue weighted by atomic mass is 9.73. The molecular formula is C29H34N4O2. The second-order valence-electron chi connectivity index (χ2n) is 9.43. The second kappa shape index (κ2) is 10.4. The first-order valence-corrected chi connectivity index (χ1v) is 12.5. The fraction of sp³-hybridized carbons (Fsp3) is 0.414. The van der Waals surface area contributed by atoms with Crippen LogP contribution in [0.4, 0.5) is 0 Å². The van der Waals surface area contributed by atoms with Gasteiger partial charge in [0, 0.05) is 32.0 Å². The summed E-state index contributed by atoms with van der Waals surface area (Å²) in [5, 5.41) is 9.71. The number of carbonyl (C=O) groups excluding carboxylic acids is 1. The Morgan fingerprint density at radius 1 is 1.17 bits per heavy atom. The maximum atomic E-state index is 13.4. The smallest absolute Gasteiger partial charge is 0.232 e. The number of rotatable bonds is 7. The van der Waals surface area contributed by atoms with Gasteiger partial charge in [-0.05, 0) is 68.0 Å². The lowest BCUT2D eigenvalue weighted by molar-refractivity contribution is -0.135. The molecule has 6 heteroatoms. The number of ether oxygens (including phenoxy) is 1. The maximum absolute atomic E-state index is 13.4. The number of imidazole rings is 1. The lowest BCUT2D eigenvalue weighted by Crippen LogP contribution is -2.43. The minimum atomic E-state index is -0.542. The summed E-state index contributed by atoms with van der Waals surface area (Å²) in [5.74, 6) is 2.30. The molecular weight excluding hydrogens is 436 g/mol. The van der Waals surface area contributed by atoms with Crippen molar-refractivity contribution in [2.24, 2.45) is 0 Å². The highest BCUT2D eigenvalue weighted by Gasteiger charge is 2.41. The number of aryl methyl sites for hydroxylation is 2. The predicted octanol–water partition coefficient (Wildman–Crippen LogP) is 5.76. The largest absolute Gasteiger partial charge is 0.456 e. The van der Waals surface area contributed by atoms with E-state index in [1.165, 1.54) is 5.69 Å². The summed E-state index contributed by atoms with van der Waals surface area (Å²) in [7, 11) is 1.90. The third kappa shape index (κ3) is 4.81. The first-order chi connectivity index (χ1) is 16.9. The summed E-state index contributed by atoms with van der Waals surface area (Å²) >= 11 is 0. The van der Waals surface area contributed by atoms with Crippen LogP contribution >= 0.6 is 0 Å². The van der Waals surface area contributed by atoms with Crippen LogP contribution in [0.25, 0.3) is 0 Å². The molecule has 0 N–H and O–H groups in total. The van der Waals surface area contributed by atoms with Gasteiger partial charge < -0.3 is 14.2 Å². The van der Waals surface area contributed by atoms with Crippen molar-refractivity contribution >= 4 is 5.91 Å². The third-order valence-corrected chi connectivity index (χ3v) is 7.33. The van der Waals surface area contributed by atoms with Gasteiger partial charge in [0.2, 0.25) is 5.91 Å². The van der Waals surface area contributed by atoms with E-state index in [-0.39, 0.29) is 5.91 Å². The fourth-order valence-electron chi connectivity index (χ4n) is 5.17. The molecule has 4 rings (SSSR count). The molecule has 6 nitrogen and oxygen atoms in total. The predicted molar refractivity (Wildman–Crippen MR) is 137 cm³/mol. The van der Waals surface area contributed by atoms with Crippen LogP contribution in [0.3, 0.4) is 0 Å². The minimum absolute atomic E-state index is 0.178. The Hall–Kier alpha value is -3.59. The van der Waals surface area contributed by atoms with Gasteiger partial charge in [-0.3, -0.25) is 4.79 Å². The Morgan fingerprint density at radius 2 is 2.00 bits per heavy atom. The topological polar surface area (TPSA) is 71.2 Å². The van der Waals surface area contributed by atoms with Crippen molar-refractivity contribution < 1.29 is 9.53 Å². The number of hydrogen-bond acceptors (Lipinski definition) is 4. The van der Waals surface area contributed by atoms with E-state index in [0.29, 0.717) is 23.6 Å². The van der Waals surface area contributed by atoms with E-state index in [4.69, 9.17) is 4.74 Å². The van der Waals surface area contributed by atoms with Crippen LogP contribution in [0.5, 0.6) is 11.5 Å². The maximum Gasteiger partial charge on any atom is 0.232 e. The van der Waals surface area contributed by atoms with Crippen LogP contribution in [0.15, 0.2) is 48.7 Å². The van der Waals surface area contributed by atoms with E-state index < -0.39 is 5.41 Å². The molecule has 0 spiro atoms. The molecule has 2 aromatic carbocycles. The summed E-state index contributed by atoms with van der Waals surface area (Å²) in [5.41, 5.74) is 3.13. The number of amides is 1. The van der Waals surface area contributed by atoms with Crippen LogP contribution in [-0.2, 0) is 23.2 Å². The number of likely N-dealkylation sites (N-methyl/N-ethyl adjacent to an activating group) is 1. The normalized spacial score (nSPS) is 18.3. The number of hydrogen-bond donors (Lipinski definition) is 0. The number of nitrogens with zero attached hydrogens (tertiary/aromatic N) is 4. The van der Waals surface area contributed by atoms with Crippen LogP contribution in [0.2, 0.25) is 0 Å².